The van der Waals surface area contributed by atoms with Gasteiger partial charge in [0.1, 0.15) is 11.5 Å². The number of hydrogen-bond donors (Lipinski definition) is 1. The minimum absolute atomic E-state index is 0.0257. The third kappa shape index (κ3) is 6.23. The Hall–Kier alpha value is -2.52. The van der Waals surface area contributed by atoms with Crippen LogP contribution < -0.4 is 14.2 Å². The van der Waals surface area contributed by atoms with Gasteiger partial charge in [-0.15, -0.1) is 13.2 Å². The average Bonchev–Trinajstić information content (AvgIpc) is 2.61. The number of pyridine rings is 1. The van der Waals surface area contributed by atoms with Gasteiger partial charge in [-0.05, 0) is 19.1 Å². The SMILES string of the molecule is CCOC(O)c1cnc(C(C)(C)C)cc1Oc1ccc(OC(F)(F)F)cc1OC. The molecule has 160 valence electrons. The second-order valence-electron chi connectivity index (χ2n) is 7.13. The molecular formula is C20H24F3NO5. The van der Waals surface area contributed by atoms with E-state index in [0.717, 1.165) is 12.1 Å². The predicted octanol–water partition coefficient (Wildman–Crippen LogP) is 5.11. The van der Waals surface area contributed by atoms with Crippen molar-refractivity contribution in [2.24, 2.45) is 0 Å². The van der Waals surface area contributed by atoms with Crippen molar-refractivity contribution in [1.29, 1.82) is 0 Å². The van der Waals surface area contributed by atoms with E-state index in [1.165, 1.54) is 19.4 Å². The van der Waals surface area contributed by atoms with Crippen molar-refractivity contribution in [3.8, 4) is 23.0 Å². The van der Waals surface area contributed by atoms with Gasteiger partial charge in [0.2, 0.25) is 0 Å². The molecule has 0 aliphatic rings. The van der Waals surface area contributed by atoms with Crippen molar-refractivity contribution in [1.82, 2.24) is 4.98 Å². The molecule has 0 amide bonds. The van der Waals surface area contributed by atoms with Gasteiger partial charge in [0, 0.05) is 36.0 Å². The Morgan fingerprint density at radius 1 is 1.07 bits per heavy atom. The predicted molar refractivity (Wildman–Crippen MR) is 99.3 cm³/mol. The zero-order valence-corrected chi connectivity index (χ0v) is 16.8. The van der Waals surface area contributed by atoms with Crippen molar-refractivity contribution in [2.45, 2.75) is 45.8 Å². The monoisotopic (exact) mass is 415 g/mol. The van der Waals surface area contributed by atoms with E-state index >= 15 is 0 Å². The van der Waals surface area contributed by atoms with Crippen LogP contribution in [0.1, 0.15) is 45.2 Å². The average molecular weight is 415 g/mol. The van der Waals surface area contributed by atoms with Crippen LogP contribution in [0.15, 0.2) is 30.5 Å². The normalized spacial score (nSPS) is 13.1. The Bertz CT molecular complexity index is 834. The summed E-state index contributed by atoms with van der Waals surface area (Å²) in [6, 6.07) is 5.11. The summed E-state index contributed by atoms with van der Waals surface area (Å²) in [6.45, 7) is 7.86. The molecule has 6 nitrogen and oxygen atoms in total. The number of aliphatic hydroxyl groups is 1. The maximum absolute atomic E-state index is 12.5. The molecular weight excluding hydrogens is 391 g/mol. The lowest BCUT2D eigenvalue weighted by atomic mass is 9.91. The van der Waals surface area contributed by atoms with Gasteiger partial charge in [-0.2, -0.15) is 0 Å². The molecule has 0 saturated heterocycles. The second kappa shape index (κ2) is 8.87. The van der Waals surface area contributed by atoms with Gasteiger partial charge < -0.3 is 24.1 Å². The molecule has 0 bridgehead atoms. The topological polar surface area (TPSA) is 70.0 Å². The van der Waals surface area contributed by atoms with Crippen LogP contribution in [0.3, 0.4) is 0 Å². The summed E-state index contributed by atoms with van der Waals surface area (Å²) in [7, 11) is 1.29. The zero-order valence-electron chi connectivity index (χ0n) is 16.8. The molecule has 0 aliphatic carbocycles. The summed E-state index contributed by atoms with van der Waals surface area (Å²) in [5.74, 6) is -0.0363. The fraction of sp³-hybridized carbons (Fsp3) is 0.450. The number of alkyl halides is 3. The summed E-state index contributed by atoms with van der Waals surface area (Å²) in [5.41, 5.74) is 0.662. The lowest BCUT2D eigenvalue weighted by Gasteiger charge is -2.22. The van der Waals surface area contributed by atoms with Crippen LogP contribution in [0.2, 0.25) is 0 Å². The smallest absolute Gasteiger partial charge is 0.493 e. The Balaban J connectivity index is 2.45. The fourth-order valence-corrected chi connectivity index (χ4v) is 2.43. The number of hydrogen-bond acceptors (Lipinski definition) is 6. The molecule has 1 N–H and O–H groups in total. The minimum Gasteiger partial charge on any atom is -0.493 e. The van der Waals surface area contributed by atoms with Crippen molar-refractivity contribution in [3.63, 3.8) is 0 Å². The molecule has 29 heavy (non-hydrogen) atoms. The summed E-state index contributed by atoms with van der Waals surface area (Å²) in [6.07, 6.45) is -4.66. The van der Waals surface area contributed by atoms with Crippen molar-refractivity contribution >= 4 is 0 Å². The van der Waals surface area contributed by atoms with Crippen LogP contribution in [0.5, 0.6) is 23.0 Å². The molecule has 9 heteroatoms. The van der Waals surface area contributed by atoms with Crippen molar-refractivity contribution in [3.05, 3.63) is 41.7 Å². The zero-order chi connectivity index (χ0) is 21.8. The number of rotatable bonds is 7. The molecule has 1 aromatic carbocycles. The number of halogens is 3. The van der Waals surface area contributed by atoms with E-state index in [0.29, 0.717) is 5.69 Å². The standard InChI is InChI=1S/C20H24F3NO5/c1-6-27-18(25)13-11-24-17(19(2,3)4)10-15(13)28-14-8-7-12(9-16(14)26-5)29-20(21,22)23/h7-11,18,25H,6H2,1-5H3. The number of methoxy groups -OCH3 is 1. The van der Waals surface area contributed by atoms with Crippen LogP contribution in [-0.4, -0.2) is 30.2 Å². The molecule has 1 atom stereocenters. The van der Waals surface area contributed by atoms with Crippen LogP contribution >= 0.6 is 0 Å². The highest BCUT2D eigenvalue weighted by Crippen LogP contribution is 2.39. The van der Waals surface area contributed by atoms with Crippen molar-refractivity contribution < 1.29 is 37.2 Å². The van der Waals surface area contributed by atoms with Gasteiger partial charge in [0.15, 0.2) is 17.8 Å². The van der Waals surface area contributed by atoms with Gasteiger partial charge in [0.05, 0.1) is 12.7 Å². The Kier molecular flexibility index (Phi) is 6.97. The fourth-order valence-electron chi connectivity index (χ4n) is 2.43. The first-order chi connectivity index (χ1) is 13.4. The summed E-state index contributed by atoms with van der Waals surface area (Å²) >= 11 is 0. The van der Waals surface area contributed by atoms with Gasteiger partial charge >= 0.3 is 6.36 Å². The van der Waals surface area contributed by atoms with E-state index < -0.39 is 18.4 Å². The molecule has 0 aliphatic heterocycles. The molecule has 0 spiro atoms. The second-order valence-corrected chi connectivity index (χ2v) is 7.13. The molecule has 1 aromatic heterocycles. The maximum atomic E-state index is 12.5. The van der Waals surface area contributed by atoms with Crippen LogP contribution in [0.4, 0.5) is 13.2 Å². The van der Waals surface area contributed by atoms with Crippen molar-refractivity contribution in [2.75, 3.05) is 13.7 Å². The molecule has 2 rings (SSSR count). The van der Waals surface area contributed by atoms with E-state index in [2.05, 4.69) is 9.72 Å². The lowest BCUT2D eigenvalue weighted by molar-refractivity contribution is -0.274. The molecule has 0 radical (unpaired) electrons. The lowest BCUT2D eigenvalue weighted by Crippen LogP contribution is -2.17. The van der Waals surface area contributed by atoms with Gasteiger partial charge in [-0.3, -0.25) is 4.98 Å². The number of aromatic nitrogens is 1. The Morgan fingerprint density at radius 3 is 2.31 bits per heavy atom. The van der Waals surface area contributed by atoms with E-state index in [9.17, 15) is 18.3 Å². The van der Waals surface area contributed by atoms with Gasteiger partial charge in [-0.1, -0.05) is 20.8 Å². The number of benzene rings is 1. The first-order valence-electron chi connectivity index (χ1n) is 8.86. The van der Waals surface area contributed by atoms with E-state index in [1.807, 2.05) is 20.8 Å². The van der Waals surface area contributed by atoms with Gasteiger partial charge in [-0.25, -0.2) is 0 Å². The van der Waals surface area contributed by atoms with E-state index in [1.54, 1.807) is 13.0 Å². The highest BCUT2D eigenvalue weighted by atomic mass is 19.4. The van der Waals surface area contributed by atoms with Crippen LogP contribution in [0.25, 0.3) is 0 Å². The first-order valence-corrected chi connectivity index (χ1v) is 8.86. The summed E-state index contributed by atoms with van der Waals surface area (Å²) < 4.78 is 57.5. The summed E-state index contributed by atoms with van der Waals surface area (Å²) in [5, 5.41) is 10.3. The largest absolute Gasteiger partial charge is 0.573 e. The molecule has 0 fully saturated rings. The number of nitrogens with zero attached hydrogens (tertiary/aromatic N) is 1. The highest BCUT2D eigenvalue weighted by molar-refractivity contribution is 5.49. The quantitative estimate of drug-likeness (QED) is 0.634. The van der Waals surface area contributed by atoms with E-state index in [-0.39, 0.29) is 34.8 Å². The van der Waals surface area contributed by atoms with Crippen LogP contribution in [0, 0.1) is 0 Å². The van der Waals surface area contributed by atoms with E-state index in [4.69, 9.17) is 14.2 Å². The minimum atomic E-state index is -4.82. The molecule has 0 saturated carbocycles. The maximum Gasteiger partial charge on any atom is 0.573 e. The number of ether oxygens (including phenoxy) is 4. The third-order valence-electron chi connectivity index (χ3n) is 3.84. The molecule has 1 heterocycles. The Labute approximate surface area is 167 Å². The molecule has 2 aromatic rings. The van der Waals surface area contributed by atoms with Gasteiger partial charge in [0.25, 0.3) is 0 Å². The number of aliphatic hydroxyl groups excluding tert-OH is 1. The summed E-state index contributed by atoms with van der Waals surface area (Å²) in [4.78, 5) is 4.36. The van der Waals surface area contributed by atoms with Crippen LogP contribution in [-0.2, 0) is 10.2 Å². The highest BCUT2D eigenvalue weighted by Gasteiger charge is 2.31. The molecule has 1 unspecified atom stereocenters. The first kappa shape index (κ1) is 22.8. The Morgan fingerprint density at radius 2 is 1.76 bits per heavy atom. The third-order valence-corrected chi connectivity index (χ3v) is 3.84.